The molecule has 0 saturated carbocycles. The fraction of sp³-hybridized carbons (Fsp3) is 0. The van der Waals surface area contributed by atoms with E-state index >= 15 is 0 Å². The Morgan fingerprint density at radius 3 is 2.48 bits per heavy atom. The van der Waals surface area contributed by atoms with Crippen molar-refractivity contribution in [3.8, 4) is 17.6 Å². The zero-order valence-electron chi connectivity index (χ0n) is 16.2. The lowest BCUT2D eigenvalue weighted by Crippen LogP contribution is -2.17. The second kappa shape index (κ2) is 7.61. The van der Waals surface area contributed by atoms with E-state index in [1.165, 1.54) is 4.90 Å². The molecule has 1 N–H and O–H groups in total. The average Bonchev–Trinajstić information content (AvgIpc) is 3.30. The third kappa shape index (κ3) is 3.32. The normalized spacial score (nSPS) is 10.7. The van der Waals surface area contributed by atoms with Crippen LogP contribution in [0.4, 0.5) is 11.5 Å². The Balaban J connectivity index is 1.56. The number of ether oxygens (including phenoxy) is 1. The van der Waals surface area contributed by atoms with Gasteiger partial charge in [-0.15, -0.1) is 0 Å². The molecule has 31 heavy (non-hydrogen) atoms. The fourth-order valence-electron chi connectivity index (χ4n) is 3.43. The van der Waals surface area contributed by atoms with Gasteiger partial charge in [-0.05, 0) is 48.5 Å². The van der Waals surface area contributed by atoms with Gasteiger partial charge in [0.05, 0.1) is 23.1 Å². The highest BCUT2D eigenvalue weighted by atomic mass is 16.5. The quantitative estimate of drug-likeness (QED) is 0.412. The maximum atomic E-state index is 12.0. The van der Waals surface area contributed by atoms with Crippen molar-refractivity contribution in [1.82, 2.24) is 15.0 Å². The van der Waals surface area contributed by atoms with Crippen LogP contribution in [0.25, 0.3) is 21.9 Å². The first kappa shape index (κ1) is 18.3. The number of para-hydroxylation sites is 1. The van der Waals surface area contributed by atoms with Crippen molar-refractivity contribution in [1.29, 1.82) is 5.26 Å². The van der Waals surface area contributed by atoms with Crippen molar-refractivity contribution in [2.45, 2.75) is 0 Å². The molecule has 3 aromatic carbocycles. The summed E-state index contributed by atoms with van der Waals surface area (Å²) in [4.78, 5) is 25.4. The summed E-state index contributed by atoms with van der Waals surface area (Å²) in [7, 11) is 0. The SMILES string of the molecule is N#Cc1cc2ccc3[nH]cnc3c2nc1N(C=O)c1ccc(Oc2ccccc2)cc1. The van der Waals surface area contributed by atoms with Gasteiger partial charge in [0.15, 0.2) is 5.82 Å². The molecule has 2 aromatic heterocycles. The number of amides is 1. The number of imidazole rings is 1. The highest BCUT2D eigenvalue weighted by molar-refractivity contribution is 6.03. The van der Waals surface area contributed by atoms with E-state index in [9.17, 15) is 10.1 Å². The Morgan fingerprint density at radius 1 is 0.968 bits per heavy atom. The lowest BCUT2D eigenvalue weighted by molar-refractivity contribution is -0.106. The molecule has 0 aliphatic rings. The number of nitrogens with one attached hydrogen (secondary N) is 1. The topological polar surface area (TPSA) is 94.9 Å². The van der Waals surface area contributed by atoms with Crippen molar-refractivity contribution in [2.75, 3.05) is 4.90 Å². The number of aromatic amines is 1. The second-order valence-electron chi connectivity index (χ2n) is 6.79. The van der Waals surface area contributed by atoms with E-state index in [-0.39, 0.29) is 5.82 Å². The number of carbonyl (C=O) groups excluding carboxylic acids is 1. The second-order valence-corrected chi connectivity index (χ2v) is 6.79. The molecule has 0 unspecified atom stereocenters. The predicted molar refractivity (Wildman–Crippen MR) is 117 cm³/mol. The van der Waals surface area contributed by atoms with Gasteiger partial charge >= 0.3 is 0 Å². The van der Waals surface area contributed by atoms with E-state index in [1.54, 1.807) is 36.7 Å². The van der Waals surface area contributed by atoms with E-state index < -0.39 is 0 Å². The molecule has 148 valence electrons. The van der Waals surface area contributed by atoms with E-state index in [1.807, 2.05) is 42.5 Å². The van der Waals surface area contributed by atoms with Gasteiger partial charge in [-0.3, -0.25) is 9.69 Å². The van der Waals surface area contributed by atoms with E-state index in [4.69, 9.17) is 4.74 Å². The summed E-state index contributed by atoms with van der Waals surface area (Å²) in [6.07, 6.45) is 2.24. The number of H-pyrrole nitrogens is 1. The number of rotatable bonds is 5. The maximum absolute atomic E-state index is 12.0. The lowest BCUT2D eigenvalue weighted by atomic mass is 10.1. The molecule has 0 spiro atoms. The van der Waals surface area contributed by atoms with Crippen LogP contribution in [-0.2, 0) is 4.79 Å². The monoisotopic (exact) mass is 405 g/mol. The molecule has 0 atom stereocenters. The van der Waals surface area contributed by atoms with Crippen LogP contribution in [-0.4, -0.2) is 21.4 Å². The maximum Gasteiger partial charge on any atom is 0.219 e. The molecule has 5 aromatic rings. The number of hydrogen-bond acceptors (Lipinski definition) is 5. The Bertz CT molecular complexity index is 1440. The lowest BCUT2D eigenvalue weighted by Gasteiger charge is -2.19. The number of fused-ring (bicyclic) bond motifs is 3. The van der Waals surface area contributed by atoms with Crippen molar-refractivity contribution in [3.05, 3.63) is 84.7 Å². The van der Waals surface area contributed by atoms with Gasteiger partial charge in [-0.1, -0.05) is 24.3 Å². The van der Waals surface area contributed by atoms with Gasteiger partial charge in [-0.25, -0.2) is 9.97 Å². The van der Waals surface area contributed by atoms with Crippen LogP contribution in [0.1, 0.15) is 5.56 Å². The van der Waals surface area contributed by atoms with Crippen molar-refractivity contribution in [2.24, 2.45) is 0 Å². The minimum atomic E-state index is 0.247. The van der Waals surface area contributed by atoms with E-state index in [0.717, 1.165) is 10.9 Å². The van der Waals surface area contributed by atoms with Crippen LogP contribution < -0.4 is 9.64 Å². The minimum Gasteiger partial charge on any atom is -0.457 e. The van der Waals surface area contributed by atoms with Crippen molar-refractivity contribution < 1.29 is 9.53 Å². The summed E-state index contributed by atoms with van der Waals surface area (Å²) >= 11 is 0. The largest absolute Gasteiger partial charge is 0.457 e. The molecule has 5 rings (SSSR count). The summed E-state index contributed by atoms with van der Waals surface area (Å²) in [6, 6.07) is 24.0. The molecule has 7 heteroatoms. The molecule has 2 heterocycles. The molecule has 1 amide bonds. The highest BCUT2D eigenvalue weighted by Gasteiger charge is 2.18. The molecular formula is C24H15N5O2. The summed E-state index contributed by atoms with van der Waals surface area (Å²) in [5.74, 6) is 1.59. The van der Waals surface area contributed by atoms with Gasteiger partial charge in [0, 0.05) is 5.39 Å². The van der Waals surface area contributed by atoms with Gasteiger partial charge < -0.3 is 9.72 Å². The van der Waals surface area contributed by atoms with E-state index in [0.29, 0.717) is 40.2 Å². The predicted octanol–water partition coefficient (Wildman–Crippen LogP) is 5.07. The minimum absolute atomic E-state index is 0.247. The summed E-state index contributed by atoms with van der Waals surface area (Å²) < 4.78 is 5.81. The van der Waals surface area contributed by atoms with Crippen molar-refractivity contribution >= 4 is 39.9 Å². The first-order valence-corrected chi connectivity index (χ1v) is 9.51. The van der Waals surface area contributed by atoms with Crippen LogP contribution in [0.15, 0.2) is 79.1 Å². The van der Waals surface area contributed by atoms with Crippen LogP contribution in [0, 0.1) is 11.3 Å². The van der Waals surface area contributed by atoms with Gasteiger partial charge in [0.2, 0.25) is 6.41 Å². The zero-order valence-corrected chi connectivity index (χ0v) is 16.2. The van der Waals surface area contributed by atoms with E-state index in [2.05, 4.69) is 21.0 Å². The van der Waals surface area contributed by atoms with Gasteiger partial charge in [-0.2, -0.15) is 5.26 Å². The Hall–Kier alpha value is -4.70. The Labute approximate surface area is 177 Å². The standard InChI is InChI=1S/C24H15N5O2/c25-13-17-12-16-6-11-21-23(27-14-26-21)22(16)28-24(17)29(15-30)18-7-9-20(10-8-18)31-19-4-2-1-3-5-19/h1-12,14-15H,(H,26,27). The third-order valence-corrected chi connectivity index (χ3v) is 4.90. The molecule has 0 radical (unpaired) electrons. The molecule has 0 saturated heterocycles. The number of anilines is 2. The van der Waals surface area contributed by atoms with Crippen LogP contribution in [0.2, 0.25) is 0 Å². The summed E-state index contributed by atoms with van der Waals surface area (Å²) in [5.41, 5.74) is 2.98. The zero-order chi connectivity index (χ0) is 21.2. The molecule has 7 nitrogen and oxygen atoms in total. The number of nitriles is 1. The number of benzene rings is 3. The van der Waals surface area contributed by atoms with Gasteiger partial charge in [0.25, 0.3) is 0 Å². The highest BCUT2D eigenvalue weighted by Crippen LogP contribution is 2.32. The van der Waals surface area contributed by atoms with Crippen LogP contribution in [0.5, 0.6) is 11.5 Å². The summed E-state index contributed by atoms with van der Waals surface area (Å²) in [5, 5.41) is 10.5. The molecule has 0 aliphatic carbocycles. The Kier molecular flexibility index (Phi) is 4.50. The Morgan fingerprint density at radius 2 is 1.74 bits per heavy atom. The number of pyridine rings is 1. The number of aromatic nitrogens is 3. The average molecular weight is 405 g/mol. The number of carbonyl (C=O) groups is 1. The molecular weight excluding hydrogens is 390 g/mol. The van der Waals surface area contributed by atoms with Crippen molar-refractivity contribution in [3.63, 3.8) is 0 Å². The van der Waals surface area contributed by atoms with Crippen LogP contribution in [0.3, 0.4) is 0 Å². The fourth-order valence-corrected chi connectivity index (χ4v) is 3.43. The third-order valence-electron chi connectivity index (χ3n) is 4.90. The number of nitrogens with zero attached hydrogens (tertiary/aromatic N) is 4. The number of hydrogen-bond donors (Lipinski definition) is 1. The summed E-state index contributed by atoms with van der Waals surface area (Å²) in [6.45, 7) is 0. The first-order chi connectivity index (χ1) is 15.3. The molecule has 0 aliphatic heterocycles. The molecule has 0 fully saturated rings. The molecule has 0 bridgehead atoms. The first-order valence-electron chi connectivity index (χ1n) is 9.51. The smallest absolute Gasteiger partial charge is 0.219 e. The van der Waals surface area contributed by atoms with Crippen LogP contribution >= 0.6 is 0 Å². The van der Waals surface area contributed by atoms with Gasteiger partial charge in [0.1, 0.15) is 28.6 Å².